The van der Waals surface area contributed by atoms with Crippen molar-refractivity contribution in [3.63, 3.8) is 0 Å². The Morgan fingerprint density at radius 2 is 1.79 bits per heavy atom. The van der Waals surface area contributed by atoms with Crippen LogP contribution in [0.5, 0.6) is 0 Å². The van der Waals surface area contributed by atoms with Crippen molar-refractivity contribution in [1.82, 2.24) is 10.2 Å². The Labute approximate surface area is 103 Å². The Balaban J connectivity index is 3.49. The summed E-state index contributed by atoms with van der Waals surface area (Å²) in [5, 5.41) is 3.48. The highest BCUT2D eigenvalue weighted by Crippen LogP contribution is 1.97. The number of nitrogens with zero attached hydrogens (tertiary/aromatic N) is 1. The first-order chi connectivity index (χ1) is 6.85. The predicted octanol–water partition coefficient (Wildman–Crippen LogP) is 2.87. The third-order valence-corrected chi connectivity index (χ3v) is 2.96. The van der Waals surface area contributed by atoms with E-state index in [1.165, 1.54) is 43.2 Å². The fourth-order valence-electron chi connectivity index (χ4n) is 1.35. The van der Waals surface area contributed by atoms with E-state index in [0.29, 0.717) is 0 Å². The van der Waals surface area contributed by atoms with Crippen LogP contribution in [0.25, 0.3) is 0 Å². The molecule has 0 fully saturated rings. The Morgan fingerprint density at radius 3 is 2.36 bits per heavy atom. The van der Waals surface area contributed by atoms with Crippen molar-refractivity contribution < 1.29 is 0 Å². The van der Waals surface area contributed by atoms with Gasteiger partial charge in [-0.3, -0.25) is 4.90 Å². The molecule has 3 heteroatoms. The van der Waals surface area contributed by atoms with E-state index in [9.17, 15) is 0 Å². The molecule has 0 unspecified atom stereocenters. The standard InChI is InChI=1S/C11H25IN2/c1-3-5-9-14(10-6-7-12)11-13-8-4-2/h13H,3-11H2,1-2H3. The number of alkyl halides is 1. The normalized spacial score (nSPS) is 11.1. The van der Waals surface area contributed by atoms with Gasteiger partial charge in [0.15, 0.2) is 0 Å². The zero-order valence-corrected chi connectivity index (χ0v) is 11.8. The second kappa shape index (κ2) is 11.7. The molecule has 0 aromatic rings. The topological polar surface area (TPSA) is 15.3 Å². The fraction of sp³-hybridized carbons (Fsp3) is 1.00. The summed E-state index contributed by atoms with van der Waals surface area (Å²) in [7, 11) is 0. The van der Waals surface area contributed by atoms with Gasteiger partial charge in [0, 0.05) is 17.6 Å². The predicted molar refractivity (Wildman–Crippen MR) is 73.1 cm³/mol. The molecule has 14 heavy (non-hydrogen) atoms. The Morgan fingerprint density at radius 1 is 1.07 bits per heavy atom. The van der Waals surface area contributed by atoms with Crippen molar-refractivity contribution in [1.29, 1.82) is 0 Å². The second-order valence-corrected chi connectivity index (χ2v) is 4.75. The third-order valence-electron chi connectivity index (χ3n) is 2.20. The van der Waals surface area contributed by atoms with Crippen molar-refractivity contribution in [2.45, 2.75) is 39.5 Å². The average Bonchev–Trinajstić information content (AvgIpc) is 2.21. The average molecular weight is 312 g/mol. The summed E-state index contributed by atoms with van der Waals surface area (Å²) in [4.78, 5) is 2.54. The molecule has 1 N–H and O–H groups in total. The van der Waals surface area contributed by atoms with E-state index in [0.717, 1.165) is 13.2 Å². The maximum absolute atomic E-state index is 3.48. The molecule has 2 nitrogen and oxygen atoms in total. The monoisotopic (exact) mass is 312 g/mol. The van der Waals surface area contributed by atoms with Crippen molar-refractivity contribution in [2.75, 3.05) is 30.7 Å². The van der Waals surface area contributed by atoms with E-state index in [1.54, 1.807) is 0 Å². The number of nitrogens with one attached hydrogen (secondary N) is 1. The van der Waals surface area contributed by atoms with E-state index < -0.39 is 0 Å². The quantitative estimate of drug-likeness (QED) is 0.289. The molecule has 0 aliphatic rings. The molecule has 0 heterocycles. The minimum Gasteiger partial charge on any atom is -0.304 e. The highest BCUT2D eigenvalue weighted by molar-refractivity contribution is 14.1. The summed E-state index contributed by atoms with van der Waals surface area (Å²) in [6.07, 6.45) is 5.18. The summed E-state index contributed by atoms with van der Waals surface area (Å²) in [5.41, 5.74) is 0. The molecule has 0 aromatic carbocycles. The summed E-state index contributed by atoms with van der Waals surface area (Å²) >= 11 is 2.46. The minimum absolute atomic E-state index is 1.07. The molecule has 0 rings (SSSR count). The number of rotatable bonds is 10. The van der Waals surface area contributed by atoms with Crippen molar-refractivity contribution in [3.05, 3.63) is 0 Å². The molecular weight excluding hydrogens is 287 g/mol. The molecule has 86 valence electrons. The molecule has 0 spiro atoms. The zero-order chi connectivity index (χ0) is 10.6. The van der Waals surface area contributed by atoms with E-state index in [2.05, 4.69) is 46.7 Å². The zero-order valence-electron chi connectivity index (χ0n) is 9.69. The van der Waals surface area contributed by atoms with Crippen molar-refractivity contribution in [2.24, 2.45) is 0 Å². The van der Waals surface area contributed by atoms with Crippen molar-refractivity contribution in [3.8, 4) is 0 Å². The summed E-state index contributed by atoms with van der Waals surface area (Å²) in [5.74, 6) is 0. The summed E-state index contributed by atoms with van der Waals surface area (Å²) in [6, 6.07) is 0. The van der Waals surface area contributed by atoms with Gasteiger partial charge in [0.25, 0.3) is 0 Å². The molecule has 0 aromatic heterocycles. The highest BCUT2D eigenvalue weighted by atomic mass is 127. The first-order valence-corrected chi connectivity index (χ1v) is 7.36. The van der Waals surface area contributed by atoms with Crippen LogP contribution in [0, 0.1) is 0 Å². The van der Waals surface area contributed by atoms with Gasteiger partial charge in [-0.1, -0.05) is 42.9 Å². The molecule has 0 aliphatic carbocycles. The molecule has 0 saturated heterocycles. The number of hydrogen-bond donors (Lipinski definition) is 1. The molecule has 0 saturated carbocycles. The lowest BCUT2D eigenvalue weighted by atomic mass is 10.3. The van der Waals surface area contributed by atoms with Gasteiger partial charge in [0.2, 0.25) is 0 Å². The van der Waals surface area contributed by atoms with Gasteiger partial charge in [-0.05, 0) is 32.4 Å². The second-order valence-electron chi connectivity index (χ2n) is 3.67. The van der Waals surface area contributed by atoms with Crippen LogP contribution < -0.4 is 5.32 Å². The van der Waals surface area contributed by atoms with E-state index >= 15 is 0 Å². The van der Waals surface area contributed by atoms with Gasteiger partial charge in [0.05, 0.1) is 0 Å². The Hall–Kier alpha value is 0.650. The first kappa shape index (κ1) is 14.6. The van der Waals surface area contributed by atoms with Crippen LogP contribution in [0.4, 0.5) is 0 Å². The number of hydrogen-bond acceptors (Lipinski definition) is 2. The molecule has 0 atom stereocenters. The van der Waals surface area contributed by atoms with Gasteiger partial charge in [-0.15, -0.1) is 0 Å². The lowest BCUT2D eigenvalue weighted by molar-refractivity contribution is 0.251. The summed E-state index contributed by atoms with van der Waals surface area (Å²) < 4.78 is 1.27. The Kier molecular flexibility index (Phi) is 12.3. The van der Waals surface area contributed by atoms with Gasteiger partial charge < -0.3 is 5.32 Å². The number of halogens is 1. The largest absolute Gasteiger partial charge is 0.304 e. The van der Waals surface area contributed by atoms with Gasteiger partial charge >= 0.3 is 0 Å². The molecule has 0 bridgehead atoms. The van der Waals surface area contributed by atoms with E-state index in [-0.39, 0.29) is 0 Å². The van der Waals surface area contributed by atoms with E-state index in [1.807, 2.05) is 0 Å². The van der Waals surface area contributed by atoms with Crippen LogP contribution in [0.15, 0.2) is 0 Å². The maximum Gasteiger partial charge on any atom is 0.0480 e. The molecular formula is C11H25IN2. The highest BCUT2D eigenvalue weighted by Gasteiger charge is 2.02. The van der Waals surface area contributed by atoms with Gasteiger partial charge in [0.1, 0.15) is 0 Å². The van der Waals surface area contributed by atoms with Crippen LogP contribution in [-0.2, 0) is 0 Å². The summed E-state index contributed by atoms with van der Waals surface area (Å²) in [6.45, 7) is 9.20. The molecule has 0 amide bonds. The maximum atomic E-state index is 3.48. The fourth-order valence-corrected chi connectivity index (χ4v) is 1.69. The third kappa shape index (κ3) is 9.21. The van der Waals surface area contributed by atoms with Gasteiger partial charge in [-0.2, -0.15) is 0 Å². The van der Waals surface area contributed by atoms with Crippen LogP contribution in [0.2, 0.25) is 0 Å². The van der Waals surface area contributed by atoms with Crippen LogP contribution in [-0.4, -0.2) is 35.6 Å². The van der Waals surface area contributed by atoms with Crippen LogP contribution >= 0.6 is 22.6 Å². The first-order valence-electron chi connectivity index (χ1n) is 5.84. The molecule has 0 aliphatic heterocycles. The SMILES string of the molecule is CCCCN(CCCI)CNCCC. The lowest BCUT2D eigenvalue weighted by Crippen LogP contribution is -2.36. The Bertz CT molecular complexity index is 101. The minimum atomic E-state index is 1.07. The van der Waals surface area contributed by atoms with Crippen molar-refractivity contribution >= 4 is 22.6 Å². The van der Waals surface area contributed by atoms with E-state index in [4.69, 9.17) is 0 Å². The smallest absolute Gasteiger partial charge is 0.0480 e. The van der Waals surface area contributed by atoms with Crippen LogP contribution in [0.1, 0.15) is 39.5 Å². The van der Waals surface area contributed by atoms with Gasteiger partial charge in [-0.25, -0.2) is 0 Å². The number of unbranched alkanes of at least 4 members (excludes halogenated alkanes) is 1. The molecule has 0 radical (unpaired) electrons. The van der Waals surface area contributed by atoms with Crippen LogP contribution in [0.3, 0.4) is 0 Å². The lowest BCUT2D eigenvalue weighted by Gasteiger charge is -2.22.